The molecule has 126 valence electrons. The van der Waals surface area contributed by atoms with Gasteiger partial charge in [0.1, 0.15) is 0 Å². The molecule has 0 aromatic heterocycles. The van der Waals surface area contributed by atoms with Gasteiger partial charge in [-0.3, -0.25) is 0 Å². The van der Waals surface area contributed by atoms with Gasteiger partial charge >= 0.3 is 6.03 Å². The zero-order chi connectivity index (χ0) is 17.1. The Kier molecular flexibility index (Phi) is 5.17. The molecule has 1 N–H and O–H groups in total. The molecule has 1 aliphatic heterocycles. The fourth-order valence-corrected chi connectivity index (χ4v) is 3.12. The Bertz CT molecular complexity index is 743. The standard InChI is InChI=1S/C18H19Cl2N3O/c1-13-5-6-15(20)12-17(13)21-18(24)23-9-7-22(8-10-23)16-4-2-3-14(19)11-16/h2-6,11-12H,7-10H2,1H3,(H,21,24). The number of carbonyl (C=O) groups excluding carboxylic acids is 1. The molecular formula is C18H19Cl2N3O. The van der Waals surface area contributed by atoms with Crippen molar-refractivity contribution in [2.45, 2.75) is 6.92 Å². The molecule has 0 saturated carbocycles. The van der Waals surface area contributed by atoms with Crippen molar-refractivity contribution in [3.05, 3.63) is 58.1 Å². The first kappa shape index (κ1) is 16.9. The van der Waals surface area contributed by atoms with Crippen molar-refractivity contribution < 1.29 is 4.79 Å². The molecule has 0 radical (unpaired) electrons. The first-order valence-corrected chi connectivity index (χ1v) is 8.61. The Hall–Kier alpha value is -1.91. The number of rotatable bonds is 2. The quantitative estimate of drug-likeness (QED) is 0.842. The molecule has 2 aromatic rings. The highest BCUT2D eigenvalue weighted by molar-refractivity contribution is 6.31. The second kappa shape index (κ2) is 7.32. The van der Waals surface area contributed by atoms with E-state index in [0.29, 0.717) is 18.1 Å². The number of carbonyl (C=O) groups is 1. The van der Waals surface area contributed by atoms with Gasteiger partial charge in [0.25, 0.3) is 0 Å². The van der Waals surface area contributed by atoms with Gasteiger partial charge in [-0.25, -0.2) is 4.79 Å². The molecule has 0 unspecified atom stereocenters. The number of amides is 2. The highest BCUT2D eigenvalue weighted by atomic mass is 35.5. The van der Waals surface area contributed by atoms with Crippen LogP contribution in [-0.2, 0) is 0 Å². The Balaban J connectivity index is 1.60. The summed E-state index contributed by atoms with van der Waals surface area (Å²) in [7, 11) is 0. The summed E-state index contributed by atoms with van der Waals surface area (Å²) >= 11 is 12.1. The molecule has 24 heavy (non-hydrogen) atoms. The fourth-order valence-electron chi connectivity index (χ4n) is 2.76. The summed E-state index contributed by atoms with van der Waals surface area (Å²) in [5, 5.41) is 4.29. The van der Waals surface area contributed by atoms with Crippen LogP contribution in [0.1, 0.15) is 5.56 Å². The minimum atomic E-state index is -0.0916. The zero-order valence-corrected chi connectivity index (χ0v) is 14.9. The van der Waals surface area contributed by atoms with Crippen molar-refractivity contribution in [2.24, 2.45) is 0 Å². The SMILES string of the molecule is Cc1ccc(Cl)cc1NC(=O)N1CCN(c2cccc(Cl)c2)CC1. The number of nitrogens with one attached hydrogen (secondary N) is 1. The average Bonchev–Trinajstić information content (AvgIpc) is 2.58. The Morgan fingerprint density at radius 3 is 2.42 bits per heavy atom. The summed E-state index contributed by atoms with van der Waals surface area (Å²) in [6.07, 6.45) is 0. The van der Waals surface area contributed by atoms with Gasteiger partial charge in [-0.1, -0.05) is 35.3 Å². The highest BCUT2D eigenvalue weighted by Crippen LogP contribution is 2.22. The smallest absolute Gasteiger partial charge is 0.321 e. The summed E-state index contributed by atoms with van der Waals surface area (Å²) in [5.41, 5.74) is 2.84. The summed E-state index contributed by atoms with van der Waals surface area (Å²) < 4.78 is 0. The van der Waals surface area contributed by atoms with Gasteiger partial charge < -0.3 is 15.1 Å². The third kappa shape index (κ3) is 3.94. The van der Waals surface area contributed by atoms with Gasteiger partial charge in [0.05, 0.1) is 0 Å². The van der Waals surface area contributed by atoms with Gasteiger partial charge in [-0.2, -0.15) is 0 Å². The third-order valence-corrected chi connectivity index (χ3v) is 4.65. The maximum absolute atomic E-state index is 12.5. The molecule has 0 atom stereocenters. The van der Waals surface area contributed by atoms with Crippen LogP contribution in [0, 0.1) is 6.92 Å². The van der Waals surface area contributed by atoms with Crippen molar-refractivity contribution in [3.63, 3.8) is 0 Å². The Morgan fingerprint density at radius 2 is 1.71 bits per heavy atom. The van der Waals surface area contributed by atoms with Crippen LogP contribution in [0.2, 0.25) is 10.0 Å². The Morgan fingerprint density at radius 1 is 1.00 bits per heavy atom. The van der Waals surface area contributed by atoms with E-state index in [0.717, 1.165) is 35.1 Å². The van der Waals surface area contributed by atoms with E-state index in [1.54, 1.807) is 6.07 Å². The van der Waals surface area contributed by atoms with Gasteiger partial charge in [-0.05, 0) is 42.8 Å². The lowest BCUT2D eigenvalue weighted by molar-refractivity contribution is 0.208. The topological polar surface area (TPSA) is 35.6 Å². The molecule has 6 heteroatoms. The number of halogens is 2. The van der Waals surface area contributed by atoms with Crippen molar-refractivity contribution in [3.8, 4) is 0 Å². The molecule has 2 amide bonds. The van der Waals surface area contributed by atoms with Crippen LogP contribution < -0.4 is 10.2 Å². The molecule has 1 saturated heterocycles. The van der Waals surface area contributed by atoms with Crippen molar-refractivity contribution >= 4 is 40.6 Å². The number of benzene rings is 2. The maximum atomic E-state index is 12.5. The fraction of sp³-hybridized carbons (Fsp3) is 0.278. The molecule has 0 bridgehead atoms. The molecule has 0 aliphatic carbocycles. The van der Waals surface area contributed by atoms with Gasteiger partial charge in [0.2, 0.25) is 0 Å². The monoisotopic (exact) mass is 363 g/mol. The number of hydrogen-bond donors (Lipinski definition) is 1. The van der Waals surface area contributed by atoms with E-state index < -0.39 is 0 Å². The van der Waals surface area contributed by atoms with Crippen LogP contribution in [0.25, 0.3) is 0 Å². The normalized spacial score (nSPS) is 14.6. The van der Waals surface area contributed by atoms with Crippen molar-refractivity contribution in [1.29, 1.82) is 0 Å². The van der Waals surface area contributed by atoms with Crippen LogP contribution in [0.15, 0.2) is 42.5 Å². The first-order valence-electron chi connectivity index (χ1n) is 7.85. The molecule has 3 rings (SSSR count). The van der Waals surface area contributed by atoms with Crippen LogP contribution in [-0.4, -0.2) is 37.1 Å². The number of aryl methyl sites for hydroxylation is 1. The zero-order valence-electron chi connectivity index (χ0n) is 13.4. The number of piperazine rings is 1. The summed E-state index contributed by atoms with van der Waals surface area (Å²) in [6, 6.07) is 13.2. The predicted molar refractivity (Wildman–Crippen MR) is 100 cm³/mol. The van der Waals surface area contributed by atoms with Gasteiger partial charge in [0.15, 0.2) is 0 Å². The summed E-state index contributed by atoms with van der Waals surface area (Å²) in [5.74, 6) is 0. The molecule has 2 aromatic carbocycles. The minimum absolute atomic E-state index is 0.0916. The third-order valence-electron chi connectivity index (χ3n) is 4.18. The van der Waals surface area contributed by atoms with E-state index in [2.05, 4.69) is 10.2 Å². The second-order valence-corrected chi connectivity index (χ2v) is 6.72. The van der Waals surface area contributed by atoms with E-state index in [9.17, 15) is 4.79 Å². The highest BCUT2D eigenvalue weighted by Gasteiger charge is 2.21. The lowest BCUT2D eigenvalue weighted by Gasteiger charge is -2.36. The largest absolute Gasteiger partial charge is 0.368 e. The maximum Gasteiger partial charge on any atom is 0.321 e. The van der Waals surface area contributed by atoms with E-state index in [4.69, 9.17) is 23.2 Å². The molecule has 1 fully saturated rings. The number of urea groups is 1. The average molecular weight is 364 g/mol. The number of hydrogen-bond acceptors (Lipinski definition) is 2. The number of nitrogens with zero attached hydrogens (tertiary/aromatic N) is 2. The molecular weight excluding hydrogens is 345 g/mol. The molecule has 1 aliphatic rings. The van der Waals surface area contributed by atoms with Crippen LogP contribution in [0.4, 0.5) is 16.2 Å². The second-order valence-electron chi connectivity index (χ2n) is 5.84. The van der Waals surface area contributed by atoms with E-state index >= 15 is 0 Å². The van der Waals surface area contributed by atoms with Gasteiger partial charge in [0, 0.05) is 47.6 Å². The predicted octanol–water partition coefficient (Wildman–Crippen LogP) is 4.66. The van der Waals surface area contributed by atoms with E-state index in [1.807, 2.05) is 48.2 Å². The minimum Gasteiger partial charge on any atom is -0.368 e. The lowest BCUT2D eigenvalue weighted by Crippen LogP contribution is -2.50. The van der Waals surface area contributed by atoms with E-state index in [1.165, 1.54) is 0 Å². The van der Waals surface area contributed by atoms with Crippen LogP contribution in [0.3, 0.4) is 0 Å². The van der Waals surface area contributed by atoms with E-state index in [-0.39, 0.29) is 6.03 Å². The first-order chi connectivity index (χ1) is 11.5. The van der Waals surface area contributed by atoms with Crippen LogP contribution >= 0.6 is 23.2 Å². The van der Waals surface area contributed by atoms with Crippen LogP contribution in [0.5, 0.6) is 0 Å². The summed E-state index contributed by atoms with van der Waals surface area (Å²) in [4.78, 5) is 16.5. The molecule has 1 heterocycles. The van der Waals surface area contributed by atoms with Gasteiger partial charge in [-0.15, -0.1) is 0 Å². The van der Waals surface area contributed by atoms with Crippen molar-refractivity contribution in [1.82, 2.24) is 4.90 Å². The summed E-state index contributed by atoms with van der Waals surface area (Å²) in [6.45, 7) is 4.84. The lowest BCUT2D eigenvalue weighted by atomic mass is 10.2. The number of anilines is 2. The van der Waals surface area contributed by atoms with Crippen molar-refractivity contribution in [2.75, 3.05) is 36.4 Å². The Labute approximate surface area is 152 Å². The molecule has 4 nitrogen and oxygen atoms in total. The molecule has 0 spiro atoms.